The summed E-state index contributed by atoms with van der Waals surface area (Å²) in [6.45, 7) is 3.63. The van der Waals surface area contributed by atoms with Crippen molar-refractivity contribution in [1.82, 2.24) is 0 Å². The maximum atomic E-state index is 13.5. The van der Waals surface area contributed by atoms with Crippen LogP contribution < -0.4 is 0 Å². The summed E-state index contributed by atoms with van der Waals surface area (Å²) in [5.74, 6) is -2.57. The van der Waals surface area contributed by atoms with Gasteiger partial charge in [0, 0.05) is 5.92 Å². The Morgan fingerprint density at radius 2 is 1.38 bits per heavy atom. The molecule has 2 rings (SSSR count). The molecule has 21 heavy (non-hydrogen) atoms. The van der Waals surface area contributed by atoms with Crippen molar-refractivity contribution in [2.75, 3.05) is 0 Å². The number of allylic oxidation sites excluding steroid dienone is 2. The first-order chi connectivity index (χ1) is 9.28. The quantitative estimate of drug-likeness (QED) is 0.521. The highest BCUT2D eigenvalue weighted by Crippen LogP contribution is 2.60. The SMILES string of the molecule is CC(C)(C)OC(C1CC2C=CC1C2)(C(F)(F)F)C(F)(F)F. The van der Waals surface area contributed by atoms with Gasteiger partial charge in [-0.15, -0.1) is 0 Å². The zero-order valence-electron chi connectivity index (χ0n) is 12.0. The van der Waals surface area contributed by atoms with Crippen LogP contribution in [0.4, 0.5) is 26.3 Å². The van der Waals surface area contributed by atoms with E-state index in [9.17, 15) is 26.3 Å². The molecule has 0 saturated heterocycles. The van der Waals surface area contributed by atoms with Crippen LogP contribution in [-0.2, 0) is 4.74 Å². The zero-order chi connectivity index (χ0) is 16.3. The van der Waals surface area contributed by atoms with E-state index in [1.54, 1.807) is 6.08 Å². The molecule has 0 aromatic rings. The molecule has 3 atom stereocenters. The predicted octanol–water partition coefficient (Wildman–Crippen LogP) is 4.88. The molecular formula is C14H18F6O. The van der Waals surface area contributed by atoms with Crippen LogP contribution in [0.3, 0.4) is 0 Å². The van der Waals surface area contributed by atoms with E-state index < -0.39 is 35.4 Å². The lowest BCUT2D eigenvalue weighted by Gasteiger charge is -2.46. The summed E-state index contributed by atoms with van der Waals surface area (Å²) in [7, 11) is 0. The van der Waals surface area contributed by atoms with Crippen LogP contribution in [0.25, 0.3) is 0 Å². The van der Waals surface area contributed by atoms with Gasteiger partial charge in [-0.1, -0.05) is 12.2 Å². The molecule has 2 bridgehead atoms. The minimum atomic E-state index is -5.51. The fraction of sp³-hybridized carbons (Fsp3) is 0.857. The third-order valence-electron chi connectivity index (χ3n) is 4.11. The van der Waals surface area contributed by atoms with Gasteiger partial charge in [0.15, 0.2) is 0 Å². The van der Waals surface area contributed by atoms with Crippen molar-refractivity contribution < 1.29 is 31.1 Å². The van der Waals surface area contributed by atoms with E-state index in [4.69, 9.17) is 4.74 Å². The van der Waals surface area contributed by atoms with Gasteiger partial charge in [-0.2, -0.15) is 26.3 Å². The standard InChI is InChI=1S/C14H18F6O/c1-11(2,3)21-12(13(15,16)17,14(18,19)20)10-7-8-4-5-9(10)6-8/h4-5,8-10H,6-7H2,1-3H3. The van der Waals surface area contributed by atoms with E-state index in [0.29, 0.717) is 6.42 Å². The number of hydrogen-bond donors (Lipinski definition) is 0. The highest BCUT2D eigenvalue weighted by molar-refractivity contribution is 5.18. The zero-order valence-corrected chi connectivity index (χ0v) is 12.0. The first-order valence-electron chi connectivity index (χ1n) is 6.80. The van der Waals surface area contributed by atoms with Gasteiger partial charge in [0.25, 0.3) is 5.60 Å². The van der Waals surface area contributed by atoms with E-state index in [2.05, 4.69) is 0 Å². The molecule has 0 radical (unpaired) electrons. The van der Waals surface area contributed by atoms with Crippen LogP contribution in [0.15, 0.2) is 12.2 Å². The summed E-state index contributed by atoms with van der Waals surface area (Å²) in [4.78, 5) is 0. The lowest BCUT2D eigenvalue weighted by Crippen LogP contribution is -2.66. The number of halogens is 6. The second-order valence-electron chi connectivity index (χ2n) is 6.83. The summed E-state index contributed by atoms with van der Waals surface area (Å²) in [6.07, 6.45) is -7.65. The molecule has 0 aromatic carbocycles. The van der Waals surface area contributed by atoms with Gasteiger partial charge in [0.2, 0.25) is 0 Å². The molecule has 0 amide bonds. The Morgan fingerprint density at radius 3 is 1.67 bits per heavy atom. The smallest absolute Gasteiger partial charge is 0.352 e. The minimum absolute atomic E-state index is 0.143. The number of fused-ring (bicyclic) bond motifs is 2. The average molecular weight is 316 g/mol. The van der Waals surface area contributed by atoms with Gasteiger partial charge in [-0.05, 0) is 45.4 Å². The van der Waals surface area contributed by atoms with Crippen molar-refractivity contribution >= 4 is 0 Å². The molecule has 2 aliphatic carbocycles. The lowest BCUT2D eigenvalue weighted by molar-refractivity contribution is -0.416. The number of rotatable bonds is 2. The van der Waals surface area contributed by atoms with E-state index in [1.807, 2.05) is 0 Å². The van der Waals surface area contributed by atoms with Gasteiger partial charge in [0.1, 0.15) is 0 Å². The Balaban J connectivity index is 2.54. The Kier molecular flexibility index (Phi) is 3.67. The molecule has 1 nitrogen and oxygen atoms in total. The largest absolute Gasteiger partial charge is 0.426 e. The molecule has 3 unspecified atom stereocenters. The van der Waals surface area contributed by atoms with Crippen LogP contribution in [-0.4, -0.2) is 23.6 Å². The Morgan fingerprint density at radius 1 is 0.857 bits per heavy atom. The van der Waals surface area contributed by atoms with Crippen molar-refractivity contribution in [3.63, 3.8) is 0 Å². The Hall–Kier alpha value is -0.720. The average Bonchev–Trinajstić information content (AvgIpc) is 2.82. The molecule has 0 aromatic heterocycles. The molecule has 1 fully saturated rings. The Bertz CT molecular complexity index is 414. The third-order valence-corrected chi connectivity index (χ3v) is 4.11. The van der Waals surface area contributed by atoms with E-state index in [-0.39, 0.29) is 12.3 Å². The first-order valence-corrected chi connectivity index (χ1v) is 6.80. The van der Waals surface area contributed by atoms with Crippen LogP contribution in [0.5, 0.6) is 0 Å². The normalized spacial score (nSPS) is 30.2. The number of hydrogen-bond acceptors (Lipinski definition) is 1. The van der Waals surface area contributed by atoms with E-state index in [1.165, 1.54) is 26.8 Å². The molecule has 0 N–H and O–H groups in total. The second-order valence-corrected chi connectivity index (χ2v) is 6.83. The molecule has 0 aliphatic heterocycles. The number of alkyl halides is 6. The second kappa shape index (κ2) is 4.64. The van der Waals surface area contributed by atoms with Gasteiger partial charge < -0.3 is 4.74 Å². The molecular weight excluding hydrogens is 298 g/mol. The maximum absolute atomic E-state index is 13.5. The van der Waals surface area contributed by atoms with Gasteiger partial charge in [0.05, 0.1) is 5.60 Å². The predicted molar refractivity (Wildman–Crippen MR) is 64.5 cm³/mol. The summed E-state index contributed by atoms with van der Waals surface area (Å²) < 4.78 is 85.8. The van der Waals surface area contributed by atoms with Gasteiger partial charge in [-0.3, -0.25) is 0 Å². The van der Waals surface area contributed by atoms with E-state index >= 15 is 0 Å². The molecule has 7 heteroatoms. The first kappa shape index (κ1) is 16.6. The lowest BCUT2D eigenvalue weighted by atomic mass is 9.76. The topological polar surface area (TPSA) is 9.23 Å². The van der Waals surface area contributed by atoms with Crippen molar-refractivity contribution in [3.8, 4) is 0 Å². The van der Waals surface area contributed by atoms with Crippen LogP contribution >= 0.6 is 0 Å². The van der Waals surface area contributed by atoms with Gasteiger partial charge in [-0.25, -0.2) is 0 Å². The third kappa shape index (κ3) is 2.69. The van der Waals surface area contributed by atoms with Crippen molar-refractivity contribution in [1.29, 1.82) is 0 Å². The fourth-order valence-electron chi connectivity index (χ4n) is 3.50. The van der Waals surface area contributed by atoms with Crippen LogP contribution in [0.2, 0.25) is 0 Å². The summed E-state index contributed by atoms with van der Waals surface area (Å²) in [5.41, 5.74) is -5.67. The van der Waals surface area contributed by atoms with E-state index in [0.717, 1.165) is 0 Å². The van der Waals surface area contributed by atoms with Crippen molar-refractivity contribution in [2.45, 2.75) is 57.2 Å². The summed E-state index contributed by atoms with van der Waals surface area (Å²) in [6, 6.07) is 0. The molecule has 1 saturated carbocycles. The van der Waals surface area contributed by atoms with Crippen LogP contribution in [0, 0.1) is 17.8 Å². The highest BCUT2D eigenvalue weighted by Gasteiger charge is 2.78. The Labute approximate surface area is 119 Å². The summed E-state index contributed by atoms with van der Waals surface area (Å²) >= 11 is 0. The fourth-order valence-corrected chi connectivity index (χ4v) is 3.50. The highest BCUT2D eigenvalue weighted by atomic mass is 19.4. The molecule has 2 aliphatic rings. The molecule has 0 heterocycles. The van der Waals surface area contributed by atoms with Crippen LogP contribution in [0.1, 0.15) is 33.6 Å². The summed E-state index contributed by atoms with van der Waals surface area (Å²) in [5, 5.41) is 0. The molecule has 0 spiro atoms. The maximum Gasteiger partial charge on any atom is 0.426 e. The van der Waals surface area contributed by atoms with Crippen molar-refractivity contribution in [2.24, 2.45) is 17.8 Å². The monoisotopic (exact) mass is 316 g/mol. The molecule has 122 valence electrons. The number of ether oxygens (including phenoxy) is 1. The van der Waals surface area contributed by atoms with Crippen molar-refractivity contribution in [3.05, 3.63) is 12.2 Å². The minimum Gasteiger partial charge on any atom is -0.352 e. The van der Waals surface area contributed by atoms with Gasteiger partial charge >= 0.3 is 12.4 Å².